The number of thiazole rings is 1. The lowest BCUT2D eigenvalue weighted by Crippen LogP contribution is -2.46. The summed E-state index contributed by atoms with van der Waals surface area (Å²) in [5, 5.41) is 22.5. The Kier molecular flexibility index (Phi) is 5.33. The minimum absolute atomic E-state index is 0.327. The smallest absolute Gasteiger partial charge is 0.327 e. The van der Waals surface area contributed by atoms with Crippen LogP contribution in [0, 0.1) is 0 Å². The zero-order chi connectivity index (χ0) is 19.7. The van der Waals surface area contributed by atoms with Crippen LogP contribution in [0.15, 0.2) is 24.4 Å². The second-order valence-corrected chi connectivity index (χ2v) is 7.89. The standard InChI is InChI=1S/C16H15Cl2N7O2S/c17-10-2-1-3-11(14(10)18)23-4-6-24(7-5-23)16-19-8-12(28-16)15-20-22-25(21-15)9-13(26)27/h1-3,8H,4-7,9H2,(H,26,27). The van der Waals surface area contributed by atoms with Gasteiger partial charge in [-0.3, -0.25) is 4.79 Å². The normalized spacial score (nSPS) is 14.5. The lowest BCUT2D eigenvalue weighted by molar-refractivity contribution is -0.138. The van der Waals surface area contributed by atoms with Gasteiger partial charge in [0.1, 0.15) is 0 Å². The molecule has 3 aromatic rings. The molecule has 3 heterocycles. The molecule has 2 aromatic heterocycles. The molecule has 0 radical (unpaired) electrons. The van der Waals surface area contributed by atoms with E-state index in [1.165, 1.54) is 11.3 Å². The number of carboxylic acid groups (broad SMARTS) is 1. The molecule has 9 nitrogen and oxygen atoms in total. The fraction of sp³-hybridized carbons (Fsp3) is 0.312. The molecule has 0 aliphatic carbocycles. The van der Waals surface area contributed by atoms with Crippen molar-refractivity contribution in [3.8, 4) is 10.7 Å². The van der Waals surface area contributed by atoms with Gasteiger partial charge in [-0.2, -0.15) is 4.80 Å². The van der Waals surface area contributed by atoms with Crippen LogP contribution in [0.1, 0.15) is 0 Å². The minimum atomic E-state index is -1.02. The molecule has 1 fully saturated rings. The number of nitrogens with zero attached hydrogens (tertiary/aromatic N) is 7. The van der Waals surface area contributed by atoms with Crippen LogP contribution in [0.5, 0.6) is 0 Å². The molecule has 0 spiro atoms. The van der Waals surface area contributed by atoms with Crippen LogP contribution in [-0.2, 0) is 11.3 Å². The van der Waals surface area contributed by atoms with Gasteiger partial charge in [0, 0.05) is 26.2 Å². The average molecular weight is 440 g/mol. The summed E-state index contributed by atoms with van der Waals surface area (Å²) >= 11 is 13.9. The van der Waals surface area contributed by atoms with Crippen LogP contribution in [-0.4, -0.2) is 62.4 Å². The molecule has 1 N–H and O–H groups in total. The molecule has 1 aliphatic heterocycles. The molecular formula is C16H15Cl2N7O2S. The highest BCUT2D eigenvalue weighted by Gasteiger charge is 2.22. The number of hydrogen-bond donors (Lipinski definition) is 1. The number of carbonyl (C=O) groups is 1. The Morgan fingerprint density at radius 3 is 2.68 bits per heavy atom. The highest BCUT2D eigenvalue weighted by Crippen LogP contribution is 2.34. The lowest BCUT2D eigenvalue weighted by Gasteiger charge is -2.36. The predicted octanol–water partition coefficient (Wildman–Crippen LogP) is 2.51. The van der Waals surface area contributed by atoms with Crippen molar-refractivity contribution >= 4 is 51.3 Å². The summed E-state index contributed by atoms with van der Waals surface area (Å²) in [6.45, 7) is 2.83. The summed E-state index contributed by atoms with van der Waals surface area (Å²) < 4.78 is 0. The molecule has 1 saturated heterocycles. The van der Waals surface area contributed by atoms with Crippen molar-refractivity contribution in [2.45, 2.75) is 6.54 Å². The van der Waals surface area contributed by atoms with Gasteiger partial charge in [0.2, 0.25) is 5.82 Å². The highest BCUT2D eigenvalue weighted by atomic mass is 35.5. The molecular weight excluding hydrogens is 425 g/mol. The molecule has 12 heteroatoms. The first-order chi connectivity index (χ1) is 13.5. The number of hydrogen-bond acceptors (Lipinski definition) is 8. The molecule has 1 aromatic carbocycles. The molecule has 28 heavy (non-hydrogen) atoms. The number of benzene rings is 1. The first-order valence-corrected chi connectivity index (χ1v) is 9.98. The van der Waals surface area contributed by atoms with E-state index in [1.54, 1.807) is 12.3 Å². The van der Waals surface area contributed by atoms with Gasteiger partial charge in [0.05, 0.1) is 26.8 Å². The van der Waals surface area contributed by atoms with E-state index in [9.17, 15) is 4.79 Å². The number of anilines is 2. The van der Waals surface area contributed by atoms with Crippen molar-refractivity contribution in [2.24, 2.45) is 0 Å². The van der Waals surface area contributed by atoms with E-state index in [0.29, 0.717) is 15.9 Å². The summed E-state index contributed by atoms with van der Waals surface area (Å²) in [7, 11) is 0. The maximum absolute atomic E-state index is 10.7. The zero-order valence-corrected chi connectivity index (χ0v) is 16.8. The molecule has 0 amide bonds. The van der Waals surface area contributed by atoms with Crippen molar-refractivity contribution in [2.75, 3.05) is 36.0 Å². The molecule has 0 bridgehead atoms. The Labute approximate surface area is 174 Å². The van der Waals surface area contributed by atoms with Gasteiger partial charge in [0.15, 0.2) is 11.7 Å². The number of aromatic nitrogens is 5. The summed E-state index contributed by atoms with van der Waals surface area (Å²) in [5.74, 6) is -0.652. The second kappa shape index (κ2) is 7.90. The number of carboxylic acids is 1. The summed E-state index contributed by atoms with van der Waals surface area (Å²) in [6.07, 6.45) is 1.68. The van der Waals surface area contributed by atoms with Crippen LogP contribution in [0.4, 0.5) is 10.8 Å². The van der Waals surface area contributed by atoms with E-state index < -0.39 is 5.97 Å². The fourth-order valence-electron chi connectivity index (χ4n) is 2.92. The van der Waals surface area contributed by atoms with Crippen molar-refractivity contribution in [3.05, 3.63) is 34.4 Å². The van der Waals surface area contributed by atoms with E-state index in [1.807, 2.05) is 12.1 Å². The van der Waals surface area contributed by atoms with Crippen LogP contribution in [0.2, 0.25) is 10.0 Å². The van der Waals surface area contributed by atoms with Crippen molar-refractivity contribution in [1.29, 1.82) is 0 Å². The third-order valence-corrected chi connectivity index (χ3v) is 6.13. The Morgan fingerprint density at radius 1 is 1.18 bits per heavy atom. The van der Waals surface area contributed by atoms with Gasteiger partial charge in [-0.25, -0.2) is 4.98 Å². The fourth-order valence-corrected chi connectivity index (χ4v) is 4.23. The third kappa shape index (κ3) is 3.89. The van der Waals surface area contributed by atoms with E-state index in [4.69, 9.17) is 28.3 Å². The first-order valence-electron chi connectivity index (χ1n) is 8.41. The minimum Gasteiger partial charge on any atom is -0.480 e. The number of piperazine rings is 1. The monoisotopic (exact) mass is 439 g/mol. The number of aliphatic carboxylic acids is 1. The summed E-state index contributed by atoms with van der Waals surface area (Å²) in [6, 6.07) is 5.65. The number of tetrazole rings is 1. The van der Waals surface area contributed by atoms with Crippen molar-refractivity contribution in [1.82, 2.24) is 25.2 Å². The molecule has 146 valence electrons. The van der Waals surface area contributed by atoms with Crippen molar-refractivity contribution < 1.29 is 9.90 Å². The van der Waals surface area contributed by atoms with Gasteiger partial charge in [0.25, 0.3) is 0 Å². The van der Waals surface area contributed by atoms with Gasteiger partial charge in [-0.15, -0.1) is 10.2 Å². The average Bonchev–Trinajstić information content (AvgIpc) is 3.33. The van der Waals surface area contributed by atoms with E-state index in [0.717, 1.165) is 46.7 Å². The van der Waals surface area contributed by atoms with Crippen LogP contribution < -0.4 is 9.80 Å². The van der Waals surface area contributed by atoms with Gasteiger partial charge in [-0.1, -0.05) is 40.6 Å². The van der Waals surface area contributed by atoms with Crippen molar-refractivity contribution in [3.63, 3.8) is 0 Å². The van der Waals surface area contributed by atoms with E-state index >= 15 is 0 Å². The second-order valence-electron chi connectivity index (χ2n) is 6.09. The quantitative estimate of drug-likeness (QED) is 0.646. The van der Waals surface area contributed by atoms with Gasteiger partial charge >= 0.3 is 5.97 Å². The number of rotatable bonds is 5. The van der Waals surface area contributed by atoms with Crippen LogP contribution in [0.3, 0.4) is 0 Å². The van der Waals surface area contributed by atoms with Gasteiger partial charge < -0.3 is 14.9 Å². The largest absolute Gasteiger partial charge is 0.480 e. The predicted molar refractivity (Wildman–Crippen MR) is 107 cm³/mol. The SMILES string of the molecule is O=C(O)Cn1nnc(-c2cnc(N3CCN(c4cccc(Cl)c4Cl)CC3)s2)n1. The first kappa shape index (κ1) is 18.9. The Bertz CT molecular complexity index is 1000. The maximum atomic E-state index is 10.7. The Hall–Kier alpha value is -2.43. The van der Waals surface area contributed by atoms with Gasteiger partial charge in [-0.05, 0) is 17.3 Å². The topological polar surface area (TPSA) is 100 Å². The Balaban J connectivity index is 1.42. The third-order valence-electron chi connectivity index (χ3n) is 4.27. The zero-order valence-electron chi connectivity index (χ0n) is 14.5. The maximum Gasteiger partial charge on any atom is 0.327 e. The summed E-state index contributed by atoms with van der Waals surface area (Å²) in [4.78, 5) is 21.4. The lowest BCUT2D eigenvalue weighted by atomic mass is 10.2. The molecule has 0 saturated carbocycles. The molecule has 1 aliphatic rings. The van der Waals surface area contributed by atoms with E-state index in [-0.39, 0.29) is 6.54 Å². The Morgan fingerprint density at radius 2 is 1.93 bits per heavy atom. The molecule has 0 atom stereocenters. The van der Waals surface area contributed by atoms with Crippen LogP contribution in [0.25, 0.3) is 10.7 Å². The van der Waals surface area contributed by atoms with Crippen LogP contribution >= 0.6 is 34.5 Å². The number of halogens is 2. The van der Waals surface area contributed by atoms with E-state index in [2.05, 4.69) is 30.2 Å². The molecule has 4 rings (SSSR count). The highest BCUT2D eigenvalue weighted by molar-refractivity contribution is 7.18. The molecule has 0 unspecified atom stereocenters. The summed E-state index contributed by atoms with van der Waals surface area (Å²) in [5.41, 5.74) is 0.938.